The molecule has 38 heavy (non-hydrogen) atoms. The van der Waals surface area contributed by atoms with Crippen LogP contribution >= 0.6 is 11.6 Å². The lowest BCUT2D eigenvalue weighted by Gasteiger charge is -2.35. The van der Waals surface area contributed by atoms with Gasteiger partial charge in [0.05, 0.1) is 24.1 Å². The van der Waals surface area contributed by atoms with E-state index < -0.39 is 0 Å². The average molecular weight is 529 g/mol. The summed E-state index contributed by atoms with van der Waals surface area (Å²) in [4.78, 5) is 25.4. The van der Waals surface area contributed by atoms with Gasteiger partial charge in [-0.2, -0.15) is 0 Å². The number of aromatic amines is 1. The minimum atomic E-state index is 0.115. The van der Waals surface area contributed by atoms with Gasteiger partial charge in [0.15, 0.2) is 0 Å². The lowest BCUT2D eigenvalue weighted by molar-refractivity contribution is 0.127. The average Bonchev–Trinajstić information content (AvgIpc) is 3.15. The number of aromatic nitrogens is 2. The van der Waals surface area contributed by atoms with E-state index in [-0.39, 0.29) is 6.03 Å². The normalized spacial score (nSPS) is 16.3. The Hall–Kier alpha value is -3.51. The number of benzene rings is 3. The second-order valence-electron chi connectivity index (χ2n) is 10.6. The maximum atomic E-state index is 13.6. The molecule has 0 atom stereocenters. The molecule has 2 amide bonds. The standard InChI is InChI=1S/C31H33ClN4O2/c1-20-15-25(24-5-8-28-29(18-24)34-21(2)33-28)17-26-19-36(13-14-38-30(20)26)31(37)35-11-9-23(10-12-35)16-22-3-6-27(32)7-4-22/h3-8,15,17-18,23H,9-14,16,19H2,1-2H3,(H,33,34). The fourth-order valence-corrected chi connectivity index (χ4v) is 5.97. The highest BCUT2D eigenvalue weighted by molar-refractivity contribution is 6.30. The Labute approximate surface area is 228 Å². The topological polar surface area (TPSA) is 61.5 Å². The Morgan fingerprint density at radius 1 is 1.00 bits per heavy atom. The predicted molar refractivity (Wildman–Crippen MR) is 152 cm³/mol. The number of halogens is 1. The van der Waals surface area contributed by atoms with Crippen LogP contribution in [-0.4, -0.2) is 52.0 Å². The first-order valence-electron chi connectivity index (χ1n) is 13.4. The van der Waals surface area contributed by atoms with Crippen molar-refractivity contribution in [3.8, 4) is 16.9 Å². The Balaban J connectivity index is 1.15. The molecule has 3 aromatic carbocycles. The molecule has 3 heterocycles. The summed E-state index contributed by atoms with van der Waals surface area (Å²) >= 11 is 6.03. The number of piperidine rings is 1. The van der Waals surface area contributed by atoms with Gasteiger partial charge in [-0.25, -0.2) is 9.78 Å². The molecule has 1 N–H and O–H groups in total. The third-order valence-electron chi connectivity index (χ3n) is 7.85. The van der Waals surface area contributed by atoms with E-state index in [1.165, 1.54) is 5.56 Å². The van der Waals surface area contributed by atoms with Gasteiger partial charge in [-0.15, -0.1) is 0 Å². The summed E-state index contributed by atoms with van der Waals surface area (Å²) < 4.78 is 6.17. The zero-order valence-corrected chi connectivity index (χ0v) is 22.7. The Morgan fingerprint density at radius 3 is 2.58 bits per heavy atom. The van der Waals surface area contributed by atoms with Crippen molar-refractivity contribution >= 4 is 28.7 Å². The molecule has 0 bridgehead atoms. The van der Waals surface area contributed by atoms with E-state index in [1.807, 2.05) is 28.9 Å². The maximum Gasteiger partial charge on any atom is 0.320 e. The van der Waals surface area contributed by atoms with Crippen LogP contribution < -0.4 is 4.74 Å². The number of aryl methyl sites for hydroxylation is 2. The van der Waals surface area contributed by atoms with Gasteiger partial charge in [-0.05, 0) is 97.7 Å². The second kappa shape index (κ2) is 10.3. The number of carbonyl (C=O) groups excluding carboxylic acids is 1. The van der Waals surface area contributed by atoms with E-state index in [0.29, 0.717) is 25.6 Å². The van der Waals surface area contributed by atoms with E-state index in [0.717, 1.165) is 82.2 Å². The number of ether oxygens (including phenoxy) is 1. The highest BCUT2D eigenvalue weighted by Gasteiger charge is 2.29. The van der Waals surface area contributed by atoms with Crippen molar-refractivity contribution in [2.75, 3.05) is 26.2 Å². The maximum absolute atomic E-state index is 13.6. The summed E-state index contributed by atoms with van der Waals surface area (Å²) in [5.41, 5.74) is 7.71. The largest absolute Gasteiger partial charge is 0.491 e. The molecule has 1 fully saturated rings. The molecule has 7 heteroatoms. The first-order valence-corrected chi connectivity index (χ1v) is 13.8. The molecular formula is C31H33ClN4O2. The van der Waals surface area contributed by atoms with Crippen LogP contribution in [0.2, 0.25) is 5.02 Å². The van der Waals surface area contributed by atoms with Gasteiger partial charge in [0.25, 0.3) is 0 Å². The summed E-state index contributed by atoms with van der Waals surface area (Å²) in [5, 5.41) is 0.772. The minimum Gasteiger partial charge on any atom is -0.491 e. The summed E-state index contributed by atoms with van der Waals surface area (Å²) in [6, 6.07) is 18.9. The fourth-order valence-electron chi connectivity index (χ4n) is 5.84. The third-order valence-corrected chi connectivity index (χ3v) is 8.10. The van der Waals surface area contributed by atoms with Gasteiger partial charge in [0, 0.05) is 23.7 Å². The molecule has 2 aliphatic heterocycles. The number of H-pyrrole nitrogens is 1. The van der Waals surface area contributed by atoms with Crippen LogP contribution in [0.1, 0.15) is 35.4 Å². The molecule has 0 unspecified atom stereocenters. The fraction of sp³-hybridized carbons (Fsp3) is 0.355. The number of fused-ring (bicyclic) bond motifs is 2. The van der Waals surface area contributed by atoms with E-state index in [1.54, 1.807) is 0 Å². The monoisotopic (exact) mass is 528 g/mol. The lowest BCUT2D eigenvalue weighted by atomic mass is 9.90. The van der Waals surface area contributed by atoms with Crippen LogP contribution in [0, 0.1) is 19.8 Å². The van der Waals surface area contributed by atoms with Gasteiger partial charge in [-0.3, -0.25) is 0 Å². The number of imidazole rings is 1. The number of likely N-dealkylation sites (tertiary alicyclic amines) is 1. The quantitative estimate of drug-likeness (QED) is 0.319. The van der Waals surface area contributed by atoms with Crippen LogP contribution in [0.3, 0.4) is 0 Å². The molecule has 4 aromatic rings. The van der Waals surface area contributed by atoms with Crippen LogP contribution in [0.15, 0.2) is 54.6 Å². The number of rotatable bonds is 3. The number of carbonyl (C=O) groups is 1. The van der Waals surface area contributed by atoms with Crippen molar-refractivity contribution in [1.82, 2.24) is 19.8 Å². The molecule has 0 saturated carbocycles. The minimum absolute atomic E-state index is 0.115. The highest BCUT2D eigenvalue weighted by atomic mass is 35.5. The van der Waals surface area contributed by atoms with E-state index in [2.05, 4.69) is 59.4 Å². The molecule has 1 saturated heterocycles. The van der Waals surface area contributed by atoms with Crippen molar-refractivity contribution in [3.63, 3.8) is 0 Å². The zero-order valence-electron chi connectivity index (χ0n) is 22.0. The summed E-state index contributed by atoms with van der Waals surface area (Å²) in [6.45, 7) is 7.30. The predicted octanol–water partition coefficient (Wildman–Crippen LogP) is 6.77. The first kappa shape index (κ1) is 24.8. The van der Waals surface area contributed by atoms with Crippen molar-refractivity contribution in [3.05, 3.63) is 82.1 Å². The summed E-state index contributed by atoms with van der Waals surface area (Å²) in [5.74, 6) is 2.41. The Bertz CT molecular complexity index is 1470. The first-order chi connectivity index (χ1) is 18.4. The number of hydrogen-bond acceptors (Lipinski definition) is 3. The SMILES string of the molecule is Cc1nc2ccc(-c3cc(C)c4c(c3)CN(C(=O)N3CCC(Cc5ccc(Cl)cc5)CC3)CCO4)cc2[nH]1. The van der Waals surface area contributed by atoms with E-state index in [9.17, 15) is 4.79 Å². The Kier molecular flexibility index (Phi) is 6.75. The Morgan fingerprint density at radius 2 is 1.79 bits per heavy atom. The highest BCUT2D eigenvalue weighted by Crippen LogP contribution is 2.34. The van der Waals surface area contributed by atoms with Crippen molar-refractivity contribution in [1.29, 1.82) is 0 Å². The molecule has 1 aromatic heterocycles. The number of nitrogens with one attached hydrogen (secondary N) is 1. The van der Waals surface area contributed by atoms with Gasteiger partial charge in [0.1, 0.15) is 18.2 Å². The second-order valence-corrected chi connectivity index (χ2v) is 11.1. The number of urea groups is 1. The molecule has 6 rings (SSSR count). The van der Waals surface area contributed by atoms with Gasteiger partial charge >= 0.3 is 6.03 Å². The van der Waals surface area contributed by atoms with Gasteiger partial charge < -0.3 is 19.5 Å². The molecule has 6 nitrogen and oxygen atoms in total. The van der Waals surface area contributed by atoms with Gasteiger partial charge in [0.2, 0.25) is 0 Å². The number of hydrogen-bond donors (Lipinski definition) is 1. The molecule has 0 radical (unpaired) electrons. The van der Waals surface area contributed by atoms with E-state index in [4.69, 9.17) is 16.3 Å². The molecule has 0 spiro atoms. The lowest BCUT2D eigenvalue weighted by Crippen LogP contribution is -2.47. The van der Waals surface area contributed by atoms with Crippen molar-refractivity contribution in [2.24, 2.45) is 5.92 Å². The summed E-state index contributed by atoms with van der Waals surface area (Å²) in [7, 11) is 0. The van der Waals surface area contributed by atoms with E-state index >= 15 is 0 Å². The zero-order chi connectivity index (χ0) is 26.2. The summed E-state index contributed by atoms with van der Waals surface area (Å²) in [6.07, 6.45) is 3.08. The molecular weight excluding hydrogens is 496 g/mol. The van der Waals surface area contributed by atoms with Crippen LogP contribution in [-0.2, 0) is 13.0 Å². The van der Waals surface area contributed by atoms with Crippen LogP contribution in [0.4, 0.5) is 4.79 Å². The van der Waals surface area contributed by atoms with Crippen LogP contribution in [0.5, 0.6) is 5.75 Å². The smallest absolute Gasteiger partial charge is 0.320 e. The molecule has 2 aliphatic rings. The number of amides is 2. The van der Waals surface area contributed by atoms with Crippen molar-refractivity contribution in [2.45, 2.75) is 39.7 Å². The number of nitrogens with zero attached hydrogens (tertiary/aromatic N) is 3. The van der Waals surface area contributed by atoms with Crippen molar-refractivity contribution < 1.29 is 9.53 Å². The third kappa shape index (κ3) is 5.10. The van der Waals surface area contributed by atoms with Crippen LogP contribution in [0.25, 0.3) is 22.2 Å². The molecule has 0 aliphatic carbocycles. The molecule has 196 valence electrons. The van der Waals surface area contributed by atoms with Gasteiger partial charge in [-0.1, -0.05) is 29.8 Å².